The second-order valence-corrected chi connectivity index (χ2v) is 12.8. The molecular weight excluding hydrogens is 627 g/mol. The van der Waals surface area contributed by atoms with Crippen LogP contribution in [0.25, 0.3) is 10.8 Å². The SMILES string of the molecule is COc1ccc(S(=O)(=O)N(CC(F)(F)F)c2cnc(N(C/C(N)=N/O)S(=O)(=O)c3ccc(OC)cc3)c3ccccc23)cc1. The number of oxime groups is 1. The van der Waals surface area contributed by atoms with Gasteiger partial charge in [0, 0.05) is 10.8 Å². The van der Waals surface area contributed by atoms with Gasteiger partial charge in [-0.25, -0.2) is 26.1 Å². The minimum absolute atomic E-state index is 0.0371. The quantitative estimate of drug-likeness (QED) is 0.106. The molecule has 0 radical (unpaired) electrons. The molecule has 0 aliphatic rings. The first-order valence-electron chi connectivity index (χ1n) is 12.5. The van der Waals surface area contributed by atoms with Crippen molar-refractivity contribution >= 4 is 48.2 Å². The topological polar surface area (TPSA) is 165 Å². The summed E-state index contributed by atoms with van der Waals surface area (Å²) in [5, 5.41) is 12.0. The molecule has 0 bridgehead atoms. The van der Waals surface area contributed by atoms with E-state index in [9.17, 15) is 35.2 Å². The number of alkyl halides is 3. The van der Waals surface area contributed by atoms with Gasteiger partial charge in [-0.15, -0.1) is 0 Å². The summed E-state index contributed by atoms with van der Waals surface area (Å²) in [6.07, 6.45) is -4.15. The van der Waals surface area contributed by atoms with Crippen LogP contribution in [0, 0.1) is 0 Å². The number of nitrogens with zero attached hydrogens (tertiary/aromatic N) is 4. The second-order valence-electron chi connectivity index (χ2n) is 9.09. The molecule has 0 fully saturated rings. The van der Waals surface area contributed by atoms with Crippen molar-refractivity contribution in [2.75, 3.05) is 35.9 Å². The summed E-state index contributed by atoms with van der Waals surface area (Å²) >= 11 is 0. The number of pyridine rings is 1. The molecule has 0 saturated heterocycles. The number of methoxy groups -OCH3 is 2. The highest BCUT2D eigenvalue weighted by atomic mass is 32.2. The summed E-state index contributed by atoms with van der Waals surface area (Å²) in [4.78, 5) is 3.45. The molecule has 0 amide bonds. The van der Waals surface area contributed by atoms with E-state index < -0.39 is 55.7 Å². The van der Waals surface area contributed by atoms with E-state index in [-0.39, 0.29) is 31.5 Å². The summed E-state index contributed by atoms with van der Waals surface area (Å²) in [5.41, 5.74) is 5.22. The Hall–Kier alpha value is -4.77. The molecule has 0 atom stereocenters. The molecule has 4 rings (SSSR count). The molecule has 0 spiro atoms. The van der Waals surface area contributed by atoms with Gasteiger partial charge in [-0.2, -0.15) is 13.2 Å². The van der Waals surface area contributed by atoms with E-state index in [2.05, 4.69) is 10.1 Å². The van der Waals surface area contributed by atoms with Crippen LogP contribution in [0.2, 0.25) is 0 Å². The third kappa shape index (κ3) is 6.57. The number of hydrogen-bond acceptors (Lipinski definition) is 9. The van der Waals surface area contributed by atoms with Gasteiger partial charge in [-0.1, -0.05) is 29.4 Å². The van der Waals surface area contributed by atoms with Gasteiger partial charge < -0.3 is 20.4 Å². The number of nitrogens with two attached hydrogens (primary N) is 1. The Labute approximate surface area is 250 Å². The summed E-state index contributed by atoms with van der Waals surface area (Å²) in [6.45, 7) is -2.62. The van der Waals surface area contributed by atoms with Crippen molar-refractivity contribution in [2.45, 2.75) is 16.0 Å². The second kappa shape index (κ2) is 12.5. The van der Waals surface area contributed by atoms with Crippen molar-refractivity contribution < 1.29 is 44.7 Å². The van der Waals surface area contributed by atoms with Gasteiger partial charge in [0.15, 0.2) is 11.7 Å². The Kier molecular flexibility index (Phi) is 9.10. The molecule has 17 heteroatoms. The smallest absolute Gasteiger partial charge is 0.407 e. The fourth-order valence-corrected chi connectivity index (χ4v) is 7.09. The fourth-order valence-electron chi connectivity index (χ4n) is 4.23. The minimum atomic E-state index is -4.98. The van der Waals surface area contributed by atoms with Gasteiger partial charge in [0.1, 0.15) is 18.0 Å². The molecule has 3 N–H and O–H groups in total. The van der Waals surface area contributed by atoms with Crippen molar-refractivity contribution in [1.29, 1.82) is 0 Å². The molecule has 0 aliphatic heterocycles. The van der Waals surface area contributed by atoms with E-state index in [1.165, 1.54) is 74.9 Å². The summed E-state index contributed by atoms with van der Waals surface area (Å²) in [5.74, 6) is -0.201. The number of sulfonamides is 2. The number of hydrogen-bond donors (Lipinski definition) is 2. The van der Waals surface area contributed by atoms with Crippen LogP contribution in [0.3, 0.4) is 0 Å². The highest BCUT2D eigenvalue weighted by Crippen LogP contribution is 2.38. The molecule has 44 heavy (non-hydrogen) atoms. The zero-order valence-corrected chi connectivity index (χ0v) is 24.8. The lowest BCUT2D eigenvalue weighted by Crippen LogP contribution is -2.40. The Bertz CT molecular complexity index is 1890. The zero-order chi connectivity index (χ0) is 32.3. The number of benzene rings is 3. The first kappa shape index (κ1) is 32.2. The van der Waals surface area contributed by atoms with E-state index in [1.54, 1.807) is 0 Å². The van der Waals surface area contributed by atoms with Crippen molar-refractivity contribution in [3.05, 3.63) is 79.0 Å². The maximum Gasteiger partial charge on any atom is 0.407 e. The van der Waals surface area contributed by atoms with Crippen LogP contribution >= 0.6 is 0 Å². The molecule has 3 aromatic carbocycles. The Morgan fingerprint density at radius 1 is 0.841 bits per heavy atom. The average molecular weight is 654 g/mol. The molecule has 12 nitrogen and oxygen atoms in total. The predicted molar refractivity (Wildman–Crippen MR) is 156 cm³/mol. The molecule has 0 unspecified atom stereocenters. The van der Waals surface area contributed by atoms with Crippen molar-refractivity contribution in [2.24, 2.45) is 10.9 Å². The highest BCUT2D eigenvalue weighted by Gasteiger charge is 2.39. The van der Waals surface area contributed by atoms with Crippen LogP contribution in [0.1, 0.15) is 0 Å². The molecular formula is C27H26F3N5O7S2. The van der Waals surface area contributed by atoms with Gasteiger partial charge in [0.05, 0.1) is 42.4 Å². The Balaban J connectivity index is 1.95. The van der Waals surface area contributed by atoms with E-state index in [0.717, 1.165) is 18.3 Å². The molecule has 234 valence electrons. The first-order valence-corrected chi connectivity index (χ1v) is 15.4. The zero-order valence-electron chi connectivity index (χ0n) is 23.1. The van der Waals surface area contributed by atoms with Crippen LogP contribution in [-0.4, -0.2) is 66.3 Å². The molecule has 0 saturated carbocycles. The van der Waals surface area contributed by atoms with E-state index in [1.807, 2.05) is 0 Å². The third-order valence-corrected chi connectivity index (χ3v) is 9.83. The van der Waals surface area contributed by atoms with Crippen molar-refractivity contribution in [1.82, 2.24) is 4.98 Å². The fraction of sp³-hybridized carbons (Fsp3) is 0.185. The van der Waals surface area contributed by atoms with Crippen LogP contribution in [0.5, 0.6) is 11.5 Å². The molecule has 4 aromatic rings. The van der Waals surface area contributed by atoms with Crippen LogP contribution in [0.4, 0.5) is 24.7 Å². The van der Waals surface area contributed by atoms with Crippen LogP contribution in [-0.2, 0) is 20.0 Å². The Morgan fingerprint density at radius 3 is 1.77 bits per heavy atom. The summed E-state index contributed by atoms with van der Waals surface area (Å²) < 4.78 is 107. The maximum atomic E-state index is 13.9. The highest BCUT2D eigenvalue weighted by molar-refractivity contribution is 7.93. The predicted octanol–water partition coefficient (Wildman–Crippen LogP) is 3.95. The van der Waals surface area contributed by atoms with E-state index in [4.69, 9.17) is 15.2 Å². The maximum absolute atomic E-state index is 13.9. The van der Waals surface area contributed by atoms with Gasteiger partial charge in [0.2, 0.25) is 0 Å². The lowest BCUT2D eigenvalue weighted by Gasteiger charge is -2.29. The Morgan fingerprint density at radius 2 is 1.32 bits per heavy atom. The van der Waals surface area contributed by atoms with Crippen molar-refractivity contribution in [3.63, 3.8) is 0 Å². The number of ether oxygens (including phenoxy) is 2. The number of halogens is 3. The number of aromatic nitrogens is 1. The third-order valence-electron chi connectivity index (χ3n) is 6.31. The molecule has 1 aromatic heterocycles. The minimum Gasteiger partial charge on any atom is -0.497 e. The normalized spacial score (nSPS) is 12.6. The number of rotatable bonds is 11. The van der Waals surface area contributed by atoms with Gasteiger partial charge >= 0.3 is 6.18 Å². The van der Waals surface area contributed by atoms with E-state index in [0.29, 0.717) is 10.1 Å². The van der Waals surface area contributed by atoms with Gasteiger partial charge in [-0.05, 0) is 48.5 Å². The largest absolute Gasteiger partial charge is 0.497 e. The molecule has 0 aliphatic carbocycles. The number of amidine groups is 1. The standard InChI is InChI=1S/C27H26F3N5O7S2/c1-41-18-7-11-20(12-8-18)43(37,38)34(16-25(31)33-36)26-23-6-4-3-5-22(23)24(15-32-26)35(17-27(28,29)30)44(39,40)21-13-9-19(42-2)10-14-21/h3-15,36H,16-17H2,1-2H3,(H2,31,33). The number of fused-ring (bicyclic) bond motifs is 1. The lowest BCUT2D eigenvalue weighted by atomic mass is 10.1. The average Bonchev–Trinajstić information content (AvgIpc) is 3.01. The van der Waals surface area contributed by atoms with Crippen LogP contribution < -0.4 is 23.8 Å². The van der Waals surface area contributed by atoms with Gasteiger partial charge in [0.25, 0.3) is 20.0 Å². The first-order chi connectivity index (χ1) is 20.7. The monoisotopic (exact) mass is 653 g/mol. The lowest BCUT2D eigenvalue weighted by molar-refractivity contribution is -0.117. The summed E-state index contributed by atoms with van der Waals surface area (Å²) in [7, 11) is -6.60. The summed E-state index contributed by atoms with van der Waals surface area (Å²) in [6, 6.07) is 15.6. The van der Waals surface area contributed by atoms with E-state index >= 15 is 0 Å². The molecule has 1 heterocycles. The van der Waals surface area contributed by atoms with Crippen molar-refractivity contribution in [3.8, 4) is 11.5 Å². The van der Waals surface area contributed by atoms with Crippen LogP contribution in [0.15, 0.2) is 93.9 Å². The van der Waals surface area contributed by atoms with Gasteiger partial charge in [-0.3, -0.25) is 4.31 Å². The number of anilines is 2.